The van der Waals surface area contributed by atoms with Gasteiger partial charge in [-0.25, -0.2) is 0 Å². The molecule has 1 aromatic rings. The van der Waals surface area contributed by atoms with Crippen LogP contribution in [0.4, 0.5) is 0 Å². The summed E-state index contributed by atoms with van der Waals surface area (Å²) in [7, 11) is 1.59. The summed E-state index contributed by atoms with van der Waals surface area (Å²) in [5.41, 5.74) is 0.999. The first-order chi connectivity index (χ1) is 8.24. The third-order valence-corrected chi connectivity index (χ3v) is 3.41. The Labute approximate surface area is 107 Å². The summed E-state index contributed by atoms with van der Waals surface area (Å²) in [4.78, 5) is 0. The van der Waals surface area contributed by atoms with E-state index in [1.54, 1.807) is 7.11 Å². The predicted molar refractivity (Wildman–Crippen MR) is 68.6 cm³/mol. The first kappa shape index (κ1) is 12.7. The minimum atomic E-state index is -0.0426. The number of rotatable bonds is 6. The Balaban J connectivity index is 2.03. The van der Waals surface area contributed by atoms with Gasteiger partial charge in [0.15, 0.2) is 0 Å². The van der Waals surface area contributed by atoms with E-state index in [4.69, 9.17) is 16.3 Å². The van der Waals surface area contributed by atoms with Crippen LogP contribution in [0.1, 0.15) is 24.4 Å². The molecule has 0 heterocycles. The molecule has 1 saturated carbocycles. The monoisotopic (exact) mass is 255 g/mol. The average Bonchev–Trinajstić information content (AvgIpc) is 3.14. The van der Waals surface area contributed by atoms with Gasteiger partial charge in [-0.05, 0) is 43.0 Å². The molecule has 0 aliphatic heterocycles. The number of nitrogens with one attached hydrogen (secondary N) is 1. The van der Waals surface area contributed by atoms with E-state index in [0.29, 0.717) is 10.8 Å². The Morgan fingerprint density at radius 2 is 2.29 bits per heavy atom. The van der Waals surface area contributed by atoms with Gasteiger partial charge < -0.3 is 15.2 Å². The van der Waals surface area contributed by atoms with Crippen molar-refractivity contribution in [3.8, 4) is 5.75 Å². The number of aliphatic hydroxyl groups excluding tert-OH is 1. The molecule has 1 aromatic carbocycles. The molecule has 1 aliphatic carbocycles. The van der Waals surface area contributed by atoms with E-state index in [1.165, 1.54) is 12.8 Å². The van der Waals surface area contributed by atoms with Crippen molar-refractivity contribution in [2.75, 3.05) is 20.3 Å². The Morgan fingerprint density at radius 1 is 1.53 bits per heavy atom. The van der Waals surface area contributed by atoms with Crippen molar-refractivity contribution in [2.45, 2.75) is 18.9 Å². The Kier molecular flexibility index (Phi) is 4.26. The maximum absolute atomic E-state index is 9.39. The molecule has 3 nitrogen and oxygen atoms in total. The lowest BCUT2D eigenvalue weighted by Gasteiger charge is -2.17. The maximum atomic E-state index is 9.39. The zero-order valence-electron chi connectivity index (χ0n) is 9.95. The second kappa shape index (κ2) is 5.71. The number of methoxy groups -OCH3 is 1. The van der Waals surface area contributed by atoms with Gasteiger partial charge in [0.25, 0.3) is 0 Å². The van der Waals surface area contributed by atoms with Crippen LogP contribution in [0.5, 0.6) is 5.75 Å². The van der Waals surface area contributed by atoms with Gasteiger partial charge in [-0.3, -0.25) is 0 Å². The molecule has 1 aliphatic rings. The van der Waals surface area contributed by atoms with Crippen LogP contribution >= 0.6 is 11.6 Å². The molecule has 2 N–H and O–H groups in total. The Hall–Kier alpha value is -0.770. The van der Waals surface area contributed by atoms with Crippen LogP contribution in [-0.2, 0) is 0 Å². The van der Waals surface area contributed by atoms with Gasteiger partial charge >= 0.3 is 0 Å². The first-order valence-electron chi connectivity index (χ1n) is 5.92. The number of ether oxygens (including phenoxy) is 1. The molecule has 2 rings (SSSR count). The van der Waals surface area contributed by atoms with Crippen molar-refractivity contribution < 1.29 is 9.84 Å². The summed E-state index contributed by atoms with van der Waals surface area (Å²) in [6, 6.07) is 5.57. The van der Waals surface area contributed by atoms with Gasteiger partial charge in [-0.1, -0.05) is 17.7 Å². The number of benzene rings is 1. The van der Waals surface area contributed by atoms with E-state index in [0.717, 1.165) is 18.0 Å². The summed E-state index contributed by atoms with van der Waals surface area (Å²) in [6.45, 7) is 1.05. The van der Waals surface area contributed by atoms with E-state index >= 15 is 0 Å². The highest BCUT2D eigenvalue weighted by Gasteiger charge is 2.22. The molecule has 1 unspecified atom stereocenters. The van der Waals surface area contributed by atoms with Gasteiger partial charge in [-0.15, -0.1) is 0 Å². The predicted octanol–water partition coefficient (Wildman–Crippen LogP) is 2.38. The van der Waals surface area contributed by atoms with Gasteiger partial charge in [0, 0.05) is 0 Å². The van der Waals surface area contributed by atoms with Crippen molar-refractivity contribution in [3.63, 3.8) is 0 Å². The first-order valence-corrected chi connectivity index (χ1v) is 6.30. The fraction of sp³-hybridized carbons (Fsp3) is 0.538. The number of halogens is 1. The van der Waals surface area contributed by atoms with Crippen molar-refractivity contribution in [3.05, 3.63) is 28.8 Å². The van der Waals surface area contributed by atoms with E-state index in [2.05, 4.69) is 5.32 Å². The smallest absolute Gasteiger partial charge is 0.137 e. The Bertz CT molecular complexity index is 380. The second-order valence-corrected chi connectivity index (χ2v) is 4.89. The summed E-state index contributed by atoms with van der Waals surface area (Å²) < 4.78 is 5.11. The van der Waals surface area contributed by atoms with Gasteiger partial charge in [-0.2, -0.15) is 0 Å². The van der Waals surface area contributed by atoms with Crippen LogP contribution < -0.4 is 10.1 Å². The summed E-state index contributed by atoms with van der Waals surface area (Å²) in [5.74, 6) is 1.45. The minimum absolute atomic E-state index is 0.0426. The van der Waals surface area contributed by atoms with E-state index in [1.807, 2.05) is 18.2 Å². The molecule has 0 aromatic heterocycles. The lowest BCUT2D eigenvalue weighted by Crippen LogP contribution is -2.26. The van der Waals surface area contributed by atoms with Crippen LogP contribution in [-0.4, -0.2) is 25.4 Å². The molecular weight excluding hydrogens is 238 g/mol. The molecule has 0 bridgehead atoms. The lowest BCUT2D eigenvalue weighted by molar-refractivity contribution is 0.243. The Morgan fingerprint density at radius 3 is 2.82 bits per heavy atom. The molecule has 0 radical (unpaired) electrons. The van der Waals surface area contributed by atoms with Crippen molar-refractivity contribution >= 4 is 11.6 Å². The summed E-state index contributed by atoms with van der Waals surface area (Å²) in [5, 5.41) is 13.3. The van der Waals surface area contributed by atoms with E-state index < -0.39 is 0 Å². The largest absolute Gasteiger partial charge is 0.495 e. The van der Waals surface area contributed by atoms with Crippen LogP contribution in [0.25, 0.3) is 0 Å². The number of hydrogen-bond acceptors (Lipinski definition) is 3. The zero-order valence-corrected chi connectivity index (χ0v) is 10.7. The molecular formula is C13H18ClNO2. The third-order valence-electron chi connectivity index (χ3n) is 3.11. The van der Waals surface area contributed by atoms with Crippen molar-refractivity contribution in [1.82, 2.24) is 5.32 Å². The molecule has 1 fully saturated rings. The highest BCUT2D eigenvalue weighted by molar-refractivity contribution is 6.32. The summed E-state index contributed by atoms with van der Waals surface area (Å²) >= 11 is 6.07. The fourth-order valence-electron chi connectivity index (χ4n) is 1.82. The molecule has 0 amide bonds. The second-order valence-electron chi connectivity index (χ2n) is 4.48. The molecule has 17 heavy (non-hydrogen) atoms. The molecule has 1 atom stereocenters. The molecule has 0 spiro atoms. The van der Waals surface area contributed by atoms with Gasteiger partial charge in [0.2, 0.25) is 0 Å². The van der Waals surface area contributed by atoms with E-state index in [9.17, 15) is 5.11 Å². The van der Waals surface area contributed by atoms with Crippen LogP contribution in [0, 0.1) is 5.92 Å². The highest BCUT2D eigenvalue weighted by atomic mass is 35.5. The van der Waals surface area contributed by atoms with Gasteiger partial charge in [0.05, 0.1) is 24.8 Å². The SMILES string of the molecule is COc1ccc(C(CO)NCC2CC2)cc1Cl. The normalized spacial score (nSPS) is 16.9. The maximum Gasteiger partial charge on any atom is 0.137 e. The van der Waals surface area contributed by atoms with Crippen molar-refractivity contribution in [2.24, 2.45) is 5.92 Å². The molecule has 4 heteroatoms. The van der Waals surface area contributed by atoms with Crippen molar-refractivity contribution in [1.29, 1.82) is 0 Å². The van der Waals surface area contributed by atoms with Crippen LogP contribution in [0.2, 0.25) is 5.02 Å². The standard InChI is InChI=1S/C13H18ClNO2/c1-17-13-5-4-10(6-11(13)14)12(8-16)15-7-9-2-3-9/h4-6,9,12,15-16H,2-3,7-8H2,1H3. The topological polar surface area (TPSA) is 41.5 Å². The quantitative estimate of drug-likeness (QED) is 0.820. The zero-order chi connectivity index (χ0) is 12.3. The highest BCUT2D eigenvalue weighted by Crippen LogP contribution is 2.30. The summed E-state index contributed by atoms with van der Waals surface area (Å²) in [6.07, 6.45) is 2.60. The number of hydrogen-bond donors (Lipinski definition) is 2. The number of aliphatic hydroxyl groups is 1. The molecule has 0 saturated heterocycles. The average molecular weight is 256 g/mol. The minimum Gasteiger partial charge on any atom is -0.495 e. The third kappa shape index (κ3) is 3.35. The lowest BCUT2D eigenvalue weighted by atomic mass is 10.1. The van der Waals surface area contributed by atoms with Crippen LogP contribution in [0.15, 0.2) is 18.2 Å². The van der Waals surface area contributed by atoms with Crippen LogP contribution in [0.3, 0.4) is 0 Å². The molecule has 94 valence electrons. The van der Waals surface area contributed by atoms with Gasteiger partial charge in [0.1, 0.15) is 5.75 Å². The van der Waals surface area contributed by atoms with E-state index in [-0.39, 0.29) is 12.6 Å². The fourth-order valence-corrected chi connectivity index (χ4v) is 2.08.